The molecule has 1 aromatic carbocycles. The first-order valence-electron chi connectivity index (χ1n) is 5.08. The van der Waals surface area contributed by atoms with Crippen molar-refractivity contribution in [1.82, 2.24) is 0 Å². The molecular weight excluding hydrogens is 228 g/mol. The summed E-state index contributed by atoms with van der Waals surface area (Å²) in [5.74, 6) is -0.851. The summed E-state index contributed by atoms with van der Waals surface area (Å²) in [5, 5.41) is 9.73. The summed E-state index contributed by atoms with van der Waals surface area (Å²) in [7, 11) is 1.53. The van der Waals surface area contributed by atoms with Gasteiger partial charge in [-0.25, -0.2) is 0 Å². The molecule has 0 spiro atoms. The molecule has 0 amide bonds. The van der Waals surface area contributed by atoms with Crippen molar-refractivity contribution in [3.8, 4) is 5.75 Å². The number of carbonyl (C=O) groups is 1. The first-order valence-corrected chi connectivity index (χ1v) is 5.46. The standard InChI is InChI=1S/C12H15ClO3/c1-4-8(12(14)15)11-7(2)9(13)5-6-10(11)16-3/h5-6,8H,4H2,1-3H3,(H,14,15). The monoisotopic (exact) mass is 242 g/mol. The molecular formula is C12H15ClO3. The predicted octanol–water partition coefficient (Wildman–Crippen LogP) is 3.24. The van der Waals surface area contributed by atoms with Gasteiger partial charge in [0, 0.05) is 10.6 Å². The third-order valence-electron chi connectivity index (χ3n) is 2.68. The Morgan fingerprint density at radius 3 is 2.62 bits per heavy atom. The lowest BCUT2D eigenvalue weighted by molar-refractivity contribution is -0.138. The van der Waals surface area contributed by atoms with Crippen LogP contribution in [-0.4, -0.2) is 18.2 Å². The first kappa shape index (κ1) is 12.8. The highest BCUT2D eigenvalue weighted by Crippen LogP contribution is 2.35. The largest absolute Gasteiger partial charge is 0.496 e. The number of hydrogen-bond acceptors (Lipinski definition) is 2. The Morgan fingerprint density at radius 2 is 2.19 bits per heavy atom. The van der Waals surface area contributed by atoms with Gasteiger partial charge in [-0.2, -0.15) is 0 Å². The molecule has 0 fully saturated rings. The van der Waals surface area contributed by atoms with E-state index in [1.54, 1.807) is 12.1 Å². The molecule has 0 saturated carbocycles. The highest BCUT2D eigenvalue weighted by molar-refractivity contribution is 6.31. The summed E-state index contributed by atoms with van der Waals surface area (Å²) < 4.78 is 5.19. The Hall–Kier alpha value is -1.22. The van der Waals surface area contributed by atoms with Crippen LogP contribution in [-0.2, 0) is 4.79 Å². The van der Waals surface area contributed by atoms with E-state index in [-0.39, 0.29) is 0 Å². The van der Waals surface area contributed by atoms with Crippen LogP contribution in [0.2, 0.25) is 5.02 Å². The lowest BCUT2D eigenvalue weighted by Gasteiger charge is -2.18. The SMILES string of the molecule is CCC(C(=O)O)c1c(OC)ccc(Cl)c1C. The van der Waals surface area contributed by atoms with Crippen molar-refractivity contribution in [3.63, 3.8) is 0 Å². The summed E-state index contributed by atoms with van der Waals surface area (Å²) in [5.41, 5.74) is 1.44. The van der Waals surface area contributed by atoms with E-state index in [1.807, 2.05) is 13.8 Å². The number of halogens is 1. The van der Waals surface area contributed by atoms with E-state index in [4.69, 9.17) is 21.4 Å². The average Bonchev–Trinajstić information content (AvgIpc) is 2.25. The summed E-state index contributed by atoms with van der Waals surface area (Å²) in [6, 6.07) is 3.42. The van der Waals surface area contributed by atoms with Gasteiger partial charge in [-0.15, -0.1) is 0 Å². The molecule has 1 aromatic rings. The molecule has 1 rings (SSSR count). The van der Waals surface area contributed by atoms with Crippen LogP contribution in [0.25, 0.3) is 0 Å². The van der Waals surface area contributed by atoms with Gasteiger partial charge < -0.3 is 9.84 Å². The van der Waals surface area contributed by atoms with E-state index in [0.29, 0.717) is 22.8 Å². The molecule has 0 saturated heterocycles. The number of aliphatic carboxylic acids is 1. The zero-order valence-electron chi connectivity index (χ0n) is 9.58. The molecule has 1 unspecified atom stereocenters. The summed E-state index contributed by atoms with van der Waals surface area (Å²) in [6.07, 6.45) is 0.507. The molecule has 0 aliphatic rings. The van der Waals surface area contributed by atoms with E-state index in [1.165, 1.54) is 7.11 Å². The van der Waals surface area contributed by atoms with Crippen molar-refractivity contribution in [3.05, 3.63) is 28.3 Å². The molecule has 0 aromatic heterocycles. The van der Waals surface area contributed by atoms with Gasteiger partial charge >= 0.3 is 5.97 Å². The smallest absolute Gasteiger partial charge is 0.311 e. The molecule has 3 nitrogen and oxygen atoms in total. The lowest BCUT2D eigenvalue weighted by atomic mass is 9.92. The molecule has 0 aliphatic carbocycles. The van der Waals surface area contributed by atoms with Crippen LogP contribution < -0.4 is 4.74 Å². The molecule has 1 atom stereocenters. The van der Waals surface area contributed by atoms with Crippen LogP contribution in [0.15, 0.2) is 12.1 Å². The molecule has 0 heterocycles. The molecule has 0 bridgehead atoms. The van der Waals surface area contributed by atoms with Crippen molar-refractivity contribution in [2.24, 2.45) is 0 Å². The molecule has 1 N–H and O–H groups in total. The van der Waals surface area contributed by atoms with E-state index in [2.05, 4.69) is 0 Å². The maximum Gasteiger partial charge on any atom is 0.311 e. The van der Waals surface area contributed by atoms with Crippen molar-refractivity contribution in [2.45, 2.75) is 26.2 Å². The maximum absolute atomic E-state index is 11.2. The second kappa shape index (κ2) is 5.21. The number of ether oxygens (including phenoxy) is 1. The fourth-order valence-corrected chi connectivity index (χ4v) is 1.96. The fraction of sp³-hybridized carbons (Fsp3) is 0.417. The Kier molecular flexibility index (Phi) is 4.19. The summed E-state index contributed by atoms with van der Waals surface area (Å²) in [6.45, 7) is 3.64. The Labute approximate surface area is 100.0 Å². The minimum absolute atomic E-state index is 0.507. The number of rotatable bonds is 4. The van der Waals surface area contributed by atoms with Crippen molar-refractivity contribution in [2.75, 3.05) is 7.11 Å². The first-order chi connectivity index (χ1) is 7.52. The molecule has 0 radical (unpaired) electrons. The van der Waals surface area contributed by atoms with Gasteiger partial charge in [0.15, 0.2) is 0 Å². The zero-order valence-corrected chi connectivity index (χ0v) is 10.3. The van der Waals surface area contributed by atoms with Crippen LogP contribution in [0, 0.1) is 6.92 Å². The van der Waals surface area contributed by atoms with Crippen LogP contribution in [0.1, 0.15) is 30.4 Å². The van der Waals surface area contributed by atoms with E-state index in [0.717, 1.165) is 5.56 Å². The second-order valence-electron chi connectivity index (χ2n) is 3.59. The summed E-state index contributed by atoms with van der Waals surface area (Å²) >= 11 is 6.00. The third kappa shape index (κ3) is 2.30. The quantitative estimate of drug-likeness (QED) is 0.882. The lowest BCUT2D eigenvalue weighted by Crippen LogP contribution is -2.13. The minimum Gasteiger partial charge on any atom is -0.496 e. The summed E-state index contributed by atoms with van der Waals surface area (Å²) in [4.78, 5) is 11.2. The Balaban J connectivity index is 3.38. The topological polar surface area (TPSA) is 46.5 Å². The fourth-order valence-electron chi connectivity index (χ4n) is 1.79. The van der Waals surface area contributed by atoms with Gasteiger partial charge in [0.2, 0.25) is 0 Å². The number of carboxylic acids is 1. The normalized spacial score (nSPS) is 12.2. The van der Waals surface area contributed by atoms with E-state index >= 15 is 0 Å². The van der Waals surface area contributed by atoms with Gasteiger partial charge in [0.1, 0.15) is 5.75 Å². The van der Waals surface area contributed by atoms with E-state index < -0.39 is 11.9 Å². The number of hydrogen-bond donors (Lipinski definition) is 1. The van der Waals surface area contributed by atoms with Crippen molar-refractivity contribution < 1.29 is 14.6 Å². The van der Waals surface area contributed by atoms with Gasteiger partial charge in [-0.1, -0.05) is 18.5 Å². The van der Waals surface area contributed by atoms with Crippen LogP contribution >= 0.6 is 11.6 Å². The van der Waals surface area contributed by atoms with Gasteiger partial charge in [0.25, 0.3) is 0 Å². The van der Waals surface area contributed by atoms with Crippen LogP contribution in [0.3, 0.4) is 0 Å². The highest BCUT2D eigenvalue weighted by Gasteiger charge is 2.24. The van der Waals surface area contributed by atoms with E-state index in [9.17, 15) is 4.79 Å². The van der Waals surface area contributed by atoms with Crippen LogP contribution in [0.5, 0.6) is 5.75 Å². The molecule has 88 valence electrons. The second-order valence-corrected chi connectivity index (χ2v) is 3.99. The van der Waals surface area contributed by atoms with Gasteiger partial charge in [0.05, 0.1) is 13.0 Å². The minimum atomic E-state index is -0.855. The Bertz CT molecular complexity index is 401. The number of benzene rings is 1. The predicted molar refractivity (Wildman–Crippen MR) is 63.4 cm³/mol. The molecule has 16 heavy (non-hydrogen) atoms. The molecule has 4 heteroatoms. The average molecular weight is 243 g/mol. The highest BCUT2D eigenvalue weighted by atomic mass is 35.5. The van der Waals surface area contributed by atoms with Crippen LogP contribution in [0.4, 0.5) is 0 Å². The van der Waals surface area contributed by atoms with Gasteiger partial charge in [-0.3, -0.25) is 4.79 Å². The zero-order chi connectivity index (χ0) is 12.3. The third-order valence-corrected chi connectivity index (χ3v) is 3.09. The van der Waals surface area contributed by atoms with Crippen molar-refractivity contribution >= 4 is 17.6 Å². The Morgan fingerprint density at radius 1 is 1.56 bits per heavy atom. The van der Waals surface area contributed by atoms with Crippen molar-refractivity contribution in [1.29, 1.82) is 0 Å². The number of carboxylic acid groups (broad SMARTS) is 1. The number of methoxy groups -OCH3 is 1. The van der Waals surface area contributed by atoms with Gasteiger partial charge in [-0.05, 0) is 31.0 Å². The maximum atomic E-state index is 11.2. The molecule has 0 aliphatic heterocycles.